The first-order valence-corrected chi connectivity index (χ1v) is 9.27. The number of aliphatic hydroxyl groups excluding tert-OH is 1. The first-order valence-electron chi connectivity index (χ1n) is 9.27. The van der Waals surface area contributed by atoms with Crippen molar-refractivity contribution in [3.8, 4) is 6.07 Å². The van der Waals surface area contributed by atoms with E-state index in [0.717, 1.165) is 13.1 Å². The van der Waals surface area contributed by atoms with Gasteiger partial charge in [0.1, 0.15) is 6.10 Å². The number of carbonyl (C=O) groups excluding carboxylic acids is 1. The van der Waals surface area contributed by atoms with Gasteiger partial charge in [-0.25, -0.2) is 4.79 Å². The fourth-order valence-electron chi connectivity index (χ4n) is 3.54. The van der Waals surface area contributed by atoms with Crippen LogP contribution in [0.3, 0.4) is 0 Å². The number of hydrogen-bond acceptors (Lipinski definition) is 7. The van der Waals surface area contributed by atoms with Crippen LogP contribution in [0.5, 0.6) is 0 Å². The topological polar surface area (TPSA) is 110 Å². The number of benzene rings is 1. The molecule has 2 aliphatic heterocycles. The highest BCUT2D eigenvalue weighted by molar-refractivity contribution is 5.89. The molecule has 1 aromatic rings. The van der Waals surface area contributed by atoms with E-state index < -0.39 is 30.6 Å². The number of ether oxygens (including phenoxy) is 2. The summed E-state index contributed by atoms with van der Waals surface area (Å²) < 4.78 is 11.6. The van der Waals surface area contributed by atoms with E-state index in [1.807, 2.05) is 32.1 Å². The summed E-state index contributed by atoms with van der Waals surface area (Å²) in [5.74, 6) is 0. The van der Waals surface area contributed by atoms with Crippen molar-refractivity contribution in [2.75, 3.05) is 46.2 Å². The minimum atomic E-state index is -0.838. The molecular formula is C19H27N5O4. The molecule has 9 heteroatoms. The third kappa shape index (κ3) is 4.60. The molecule has 28 heavy (non-hydrogen) atoms. The minimum absolute atomic E-state index is 0.314. The smallest absolute Gasteiger partial charge is 0.319 e. The Morgan fingerprint density at radius 3 is 2.86 bits per heavy atom. The van der Waals surface area contributed by atoms with E-state index in [0.29, 0.717) is 17.9 Å². The highest BCUT2D eigenvalue weighted by Gasteiger charge is 2.51. The molecule has 2 heterocycles. The summed E-state index contributed by atoms with van der Waals surface area (Å²) in [6.45, 7) is 1.86. The first-order chi connectivity index (χ1) is 13.4. The van der Waals surface area contributed by atoms with Gasteiger partial charge in [-0.15, -0.1) is 0 Å². The van der Waals surface area contributed by atoms with Gasteiger partial charge in [0, 0.05) is 18.8 Å². The van der Waals surface area contributed by atoms with Crippen molar-refractivity contribution in [3.63, 3.8) is 0 Å². The van der Waals surface area contributed by atoms with Gasteiger partial charge in [-0.2, -0.15) is 5.26 Å². The van der Waals surface area contributed by atoms with Gasteiger partial charge in [0.05, 0.1) is 36.4 Å². The Bertz CT molecular complexity index is 737. The van der Waals surface area contributed by atoms with Crippen molar-refractivity contribution >= 4 is 11.7 Å². The normalized spacial score (nSPS) is 29.0. The zero-order valence-corrected chi connectivity index (χ0v) is 16.3. The molecule has 2 fully saturated rings. The molecule has 0 saturated carbocycles. The summed E-state index contributed by atoms with van der Waals surface area (Å²) in [4.78, 5) is 16.5. The molecule has 0 aliphatic carbocycles. The molecule has 5 atom stereocenters. The number of nitriles is 1. The average molecular weight is 389 g/mol. The quantitative estimate of drug-likeness (QED) is 0.629. The summed E-state index contributed by atoms with van der Waals surface area (Å²) in [6.07, 6.45) is -1.76. The number of likely N-dealkylation sites (N-methyl/N-ethyl adjacent to an activating group) is 2. The van der Waals surface area contributed by atoms with Gasteiger partial charge in [-0.3, -0.25) is 4.90 Å². The number of carbonyl (C=O) groups is 1. The van der Waals surface area contributed by atoms with Gasteiger partial charge in [0.2, 0.25) is 0 Å². The van der Waals surface area contributed by atoms with E-state index in [4.69, 9.17) is 14.7 Å². The molecule has 2 aliphatic rings. The largest absolute Gasteiger partial charge is 0.389 e. The Kier molecular flexibility index (Phi) is 6.49. The van der Waals surface area contributed by atoms with Crippen molar-refractivity contribution in [2.24, 2.45) is 0 Å². The predicted molar refractivity (Wildman–Crippen MR) is 103 cm³/mol. The Balaban J connectivity index is 1.65. The molecule has 2 bridgehead atoms. The number of aliphatic hydroxyl groups is 1. The zero-order chi connectivity index (χ0) is 20.3. The van der Waals surface area contributed by atoms with Crippen molar-refractivity contribution in [1.82, 2.24) is 15.1 Å². The Hall–Kier alpha value is -2.22. The van der Waals surface area contributed by atoms with E-state index in [9.17, 15) is 9.90 Å². The number of nitrogens with one attached hydrogen (secondary N) is 2. The van der Waals surface area contributed by atoms with Crippen LogP contribution < -0.4 is 10.6 Å². The third-order valence-corrected chi connectivity index (χ3v) is 5.09. The van der Waals surface area contributed by atoms with Crippen LogP contribution in [-0.4, -0.2) is 92.4 Å². The number of rotatable bonds is 6. The maximum absolute atomic E-state index is 12.5. The maximum atomic E-state index is 12.5. The van der Waals surface area contributed by atoms with E-state index in [-0.39, 0.29) is 6.04 Å². The van der Waals surface area contributed by atoms with Crippen molar-refractivity contribution in [2.45, 2.75) is 30.6 Å². The van der Waals surface area contributed by atoms with Gasteiger partial charge in [-0.1, -0.05) is 6.07 Å². The van der Waals surface area contributed by atoms with Crippen LogP contribution in [0, 0.1) is 11.3 Å². The maximum Gasteiger partial charge on any atom is 0.319 e. The molecular weight excluding hydrogens is 362 g/mol. The Morgan fingerprint density at radius 1 is 1.36 bits per heavy atom. The standard InChI is InChI=1S/C19H27N5O4/c1-23(2)7-8-24(3)16-17(25)15(14-11-27-18(16)28-14)22-19(26)21-13-6-4-5-12(9-13)10-20/h4-6,9,14-18,25H,7-8,11H2,1-3H3,(H2,21,22,26)/t14-,15-,16-,17+,18-/m1/s1. The fourth-order valence-corrected chi connectivity index (χ4v) is 3.54. The van der Waals surface area contributed by atoms with Gasteiger partial charge >= 0.3 is 6.03 Å². The van der Waals surface area contributed by atoms with E-state index in [1.54, 1.807) is 24.3 Å². The lowest BCUT2D eigenvalue weighted by Gasteiger charge is -2.42. The second-order valence-corrected chi connectivity index (χ2v) is 7.46. The lowest BCUT2D eigenvalue weighted by atomic mass is 9.95. The number of fused-ring (bicyclic) bond motifs is 2. The Morgan fingerprint density at radius 2 is 2.14 bits per heavy atom. The van der Waals surface area contributed by atoms with Crippen molar-refractivity contribution < 1.29 is 19.4 Å². The van der Waals surface area contributed by atoms with Crippen LogP contribution >= 0.6 is 0 Å². The van der Waals surface area contributed by atoms with E-state index in [2.05, 4.69) is 15.5 Å². The summed E-state index contributed by atoms with van der Waals surface area (Å²) in [7, 11) is 5.88. The molecule has 0 radical (unpaired) electrons. The number of anilines is 1. The van der Waals surface area contributed by atoms with Crippen LogP contribution in [0.1, 0.15) is 5.56 Å². The number of amides is 2. The highest BCUT2D eigenvalue weighted by Crippen LogP contribution is 2.31. The van der Waals surface area contributed by atoms with Crippen LogP contribution in [0.4, 0.5) is 10.5 Å². The molecule has 2 saturated heterocycles. The van der Waals surface area contributed by atoms with Crippen LogP contribution in [0.2, 0.25) is 0 Å². The molecule has 0 spiro atoms. The van der Waals surface area contributed by atoms with Gasteiger partial charge in [-0.05, 0) is 39.3 Å². The zero-order valence-electron chi connectivity index (χ0n) is 16.3. The second-order valence-electron chi connectivity index (χ2n) is 7.46. The van der Waals surface area contributed by atoms with Crippen LogP contribution in [-0.2, 0) is 9.47 Å². The Labute approximate surface area is 164 Å². The average Bonchev–Trinajstić information content (AvgIpc) is 3.09. The number of hydrogen-bond donors (Lipinski definition) is 3. The summed E-state index contributed by atoms with van der Waals surface area (Å²) in [5.41, 5.74) is 0.955. The lowest BCUT2D eigenvalue weighted by Crippen LogP contribution is -2.65. The van der Waals surface area contributed by atoms with Gasteiger partial charge < -0.3 is 30.1 Å². The molecule has 0 unspecified atom stereocenters. The second kappa shape index (κ2) is 8.86. The highest BCUT2D eigenvalue weighted by atomic mass is 16.7. The van der Waals surface area contributed by atoms with Gasteiger partial charge in [0.25, 0.3) is 0 Å². The molecule has 3 rings (SSSR count). The van der Waals surface area contributed by atoms with E-state index >= 15 is 0 Å². The number of nitrogens with zero attached hydrogens (tertiary/aromatic N) is 3. The van der Waals surface area contributed by atoms with Crippen LogP contribution in [0.25, 0.3) is 0 Å². The van der Waals surface area contributed by atoms with E-state index in [1.165, 1.54) is 0 Å². The molecule has 2 amide bonds. The molecule has 3 N–H and O–H groups in total. The predicted octanol–water partition coefficient (Wildman–Crippen LogP) is 0.0264. The number of urea groups is 1. The molecule has 9 nitrogen and oxygen atoms in total. The lowest BCUT2D eigenvalue weighted by molar-refractivity contribution is -0.177. The molecule has 1 aromatic carbocycles. The van der Waals surface area contributed by atoms with Crippen molar-refractivity contribution in [3.05, 3.63) is 29.8 Å². The minimum Gasteiger partial charge on any atom is -0.389 e. The fraction of sp³-hybridized carbons (Fsp3) is 0.579. The summed E-state index contributed by atoms with van der Waals surface area (Å²) >= 11 is 0. The third-order valence-electron chi connectivity index (χ3n) is 5.09. The molecule has 0 aromatic heterocycles. The molecule has 152 valence electrons. The monoisotopic (exact) mass is 389 g/mol. The first kappa shape index (κ1) is 20.5. The van der Waals surface area contributed by atoms with Crippen LogP contribution in [0.15, 0.2) is 24.3 Å². The van der Waals surface area contributed by atoms with Gasteiger partial charge in [0.15, 0.2) is 6.29 Å². The summed E-state index contributed by atoms with van der Waals surface area (Å²) in [5, 5.41) is 25.4. The summed E-state index contributed by atoms with van der Waals surface area (Å²) in [6, 6.07) is 7.20. The SMILES string of the molecule is CN(C)CCN(C)[C@H]1[C@@H]2OC[C@@H](O2)[C@@H](NC(=O)Nc2cccc(C#N)c2)[C@@H]1O. The van der Waals surface area contributed by atoms with Crippen molar-refractivity contribution in [1.29, 1.82) is 5.26 Å².